The van der Waals surface area contributed by atoms with Gasteiger partial charge in [0.25, 0.3) is 0 Å². The molecule has 0 radical (unpaired) electrons. The molecule has 0 aliphatic carbocycles. The van der Waals surface area contributed by atoms with Gasteiger partial charge in [0.05, 0.1) is 5.25 Å². The Morgan fingerprint density at radius 1 is 1.19 bits per heavy atom. The first-order valence-corrected chi connectivity index (χ1v) is 10.3. The minimum absolute atomic E-state index is 0.119. The van der Waals surface area contributed by atoms with Crippen LogP contribution >= 0.6 is 23.1 Å². The molecule has 2 aromatic heterocycles. The number of aromatic nitrogens is 2. The average Bonchev–Trinajstić information content (AvgIpc) is 3.09. The second kappa shape index (κ2) is 7.76. The molecule has 0 saturated heterocycles. The van der Waals surface area contributed by atoms with Crippen molar-refractivity contribution < 1.29 is 4.79 Å². The fraction of sp³-hybridized carbons (Fsp3) is 0.350. The second-order valence-corrected chi connectivity index (χ2v) is 9.38. The van der Waals surface area contributed by atoms with Gasteiger partial charge in [-0.3, -0.25) is 4.79 Å². The largest absolute Gasteiger partial charge is 0.333 e. The van der Waals surface area contributed by atoms with Gasteiger partial charge in [-0.05, 0) is 44.7 Å². The van der Waals surface area contributed by atoms with Gasteiger partial charge in [0, 0.05) is 17.5 Å². The van der Waals surface area contributed by atoms with Gasteiger partial charge in [-0.25, -0.2) is 9.97 Å². The Balaban J connectivity index is 1.81. The quantitative estimate of drug-likeness (QED) is 0.458. The molecule has 0 unspecified atom stereocenters. The van der Waals surface area contributed by atoms with Crippen LogP contribution in [-0.2, 0) is 11.3 Å². The number of rotatable bonds is 5. The molecule has 26 heavy (non-hydrogen) atoms. The zero-order valence-corrected chi connectivity index (χ0v) is 17.1. The van der Waals surface area contributed by atoms with Crippen molar-refractivity contribution in [3.05, 3.63) is 53.7 Å². The summed E-state index contributed by atoms with van der Waals surface area (Å²) in [5.41, 5.74) is 0.876. The standard InChI is InChI=1S/C20H23N3OS2/c1-14(26-18-16-10-11-25-17(16)21-13-22-18)19(24)23(20(2,3)4)12-15-8-6-5-7-9-15/h5-11,13-14H,12H2,1-4H3/t14-/m0/s1. The number of thioether (sulfide) groups is 1. The number of thiophene rings is 1. The highest BCUT2D eigenvalue weighted by Gasteiger charge is 2.30. The molecular weight excluding hydrogens is 362 g/mol. The third-order valence-electron chi connectivity index (χ3n) is 4.12. The van der Waals surface area contributed by atoms with Gasteiger partial charge in [-0.1, -0.05) is 42.1 Å². The smallest absolute Gasteiger partial charge is 0.236 e. The molecule has 0 fully saturated rings. The summed E-state index contributed by atoms with van der Waals surface area (Å²) in [7, 11) is 0. The molecule has 3 rings (SSSR count). The number of benzene rings is 1. The summed E-state index contributed by atoms with van der Waals surface area (Å²) in [5, 5.41) is 3.67. The summed E-state index contributed by atoms with van der Waals surface area (Å²) in [4.78, 5) is 24.8. The molecule has 0 aliphatic rings. The van der Waals surface area contributed by atoms with Gasteiger partial charge in [-0.2, -0.15) is 0 Å². The number of carbonyl (C=O) groups excluding carboxylic acids is 1. The normalized spacial score (nSPS) is 12.9. The number of fused-ring (bicyclic) bond motifs is 1. The number of hydrogen-bond acceptors (Lipinski definition) is 5. The van der Waals surface area contributed by atoms with Crippen LogP contribution in [0, 0.1) is 0 Å². The molecule has 1 atom stereocenters. The van der Waals surface area contributed by atoms with E-state index in [-0.39, 0.29) is 16.7 Å². The van der Waals surface area contributed by atoms with E-state index in [2.05, 4.69) is 42.9 Å². The van der Waals surface area contributed by atoms with Crippen molar-refractivity contribution in [1.82, 2.24) is 14.9 Å². The van der Waals surface area contributed by atoms with Gasteiger partial charge in [0.15, 0.2) is 0 Å². The Bertz CT molecular complexity index is 887. The van der Waals surface area contributed by atoms with Crippen LogP contribution < -0.4 is 0 Å². The molecule has 0 bridgehead atoms. The summed E-state index contributed by atoms with van der Waals surface area (Å²) in [6.07, 6.45) is 1.57. The molecule has 4 nitrogen and oxygen atoms in total. The van der Waals surface area contributed by atoms with Crippen molar-refractivity contribution in [3.8, 4) is 0 Å². The fourth-order valence-corrected chi connectivity index (χ4v) is 4.47. The maximum absolute atomic E-state index is 13.2. The Morgan fingerprint density at radius 3 is 2.62 bits per heavy atom. The van der Waals surface area contributed by atoms with E-state index >= 15 is 0 Å². The molecule has 1 amide bonds. The highest BCUT2D eigenvalue weighted by atomic mass is 32.2. The number of amides is 1. The zero-order chi connectivity index (χ0) is 18.7. The Hall–Kier alpha value is -1.92. The second-order valence-electron chi connectivity index (χ2n) is 7.16. The topological polar surface area (TPSA) is 46.1 Å². The summed E-state index contributed by atoms with van der Waals surface area (Å²) < 4.78 is 0. The summed E-state index contributed by atoms with van der Waals surface area (Å²) in [5.74, 6) is 0.119. The van der Waals surface area contributed by atoms with Crippen molar-refractivity contribution in [2.45, 2.75) is 50.1 Å². The summed E-state index contributed by atoms with van der Waals surface area (Å²) in [6.45, 7) is 8.79. The molecule has 6 heteroatoms. The van der Waals surface area contributed by atoms with Crippen molar-refractivity contribution in [2.24, 2.45) is 0 Å². The molecule has 136 valence electrons. The van der Waals surface area contributed by atoms with E-state index in [1.54, 1.807) is 17.7 Å². The molecule has 0 spiro atoms. The molecule has 3 aromatic rings. The number of carbonyl (C=O) groups is 1. The first-order chi connectivity index (χ1) is 12.4. The van der Waals surface area contributed by atoms with Gasteiger partial charge in [0.2, 0.25) is 5.91 Å². The maximum Gasteiger partial charge on any atom is 0.236 e. The van der Waals surface area contributed by atoms with E-state index < -0.39 is 0 Å². The lowest BCUT2D eigenvalue weighted by Gasteiger charge is -2.37. The third-order valence-corrected chi connectivity index (χ3v) is 6.05. The van der Waals surface area contributed by atoms with Crippen LogP contribution in [-0.4, -0.2) is 31.6 Å². The minimum Gasteiger partial charge on any atom is -0.333 e. The Labute approximate surface area is 162 Å². The van der Waals surface area contributed by atoms with E-state index in [0.717, 1.165) is 20.8 Å². The molecule has 0 aliphatic heterocycles. The number of nitrogens with zero attached hydrogens (tertiary/aromatic N) is 3. The highest BCUT2D eigenvalue weighted by molar-refractivity contribution is 8.00. The van der Waals surface area contributed by atoms with Crippen LogP contribution in [0.3, 0.4) is 0 Å². The van der Waals surface area contributed by atoms with E-state index in [1.807, 2.05) is 41.5 Å². The van der Waals surface area contributed by atoms with Crippen LogP contribution in [0.4, 0.5) is 0 Å². The highest BCUT2D eigenvalue weighted by Crippen LogP contribution is 2.32. The summed E-state index contributed by atoms with van der Waals surface area (Å²) >= 11 is 3.09. The monoisotopic (exact) mass is 385 g/mol. The van der Waals surface area contributed by atoms with E-state index in [9.17, 15) is 4.79 Å². The third kappa shape index (κ3) is 4.24. The molecule has 1 aromatic carbocycles. The zero-order valence-electron chi connectivity index (χ0n) is 15.5. The van der Waals surface area contributed by atoms with Gasteiger partial charge >= 0.3 is 0 Å². The predicted octanol–water partition coefficient (Wildman–Crippen LogP) is 5.00. The van der Waals surface area contributed by atoms with Crippen LogP contribution in [0.25, 0.3) is 10.2 Å². The van der Waals surface area contributed by atoms with E-state index in [0.29, 0.717) is 6.54 Å². The lowest BCUT2D eigenvalue weighted by molar-refractivity contribution is -0.135. The van der Waals surface area contributed by atoms with Crippen molar-refractivity contribution >= 4 is 39.2 Å². The SMILES string of the molecule is C[C@H](Sc1ncnc2sccc12)C(=O)N(Cc1ccccc1)C(C)(C)C. The van der Waals surface area contributed by atoms with Gasteiger partial charge in [0.1, 0.15) is 16.2 Å². The first kappa shape index (κ1) is 18.9. The molecule has 0 saturated carbocycles. The van der Waals surface area contributed by atoms with Crippen molar-refractivity contribution in [1.29, 1.82) is 0 Å². The minimum atomic E-state index is -0.259. The maximum atomic E-state index is 13.2. The van der Waals surface area contributed by atoms with E-state index in [1.165, 1.54) is 11.8 Å². The molecule has 2 heterocycles. The van der Waals surface area contributed by atoms with Crippen molar-refractivity contribution in [3.63, 3.8) is 0 Å². The Morgan fingerprint density at radius 2 is 1.92 bits per heavy atom. The predicted molar refractivity (Wildman–Crippen MR) is 109 cm³/mol. The Kier molecular flexibility index (Phi) is 5.63. The lowest BCUT2D eigenvalue weighted by atomic mass is 10.0. The van der Waals surface area contributed by atoms with Crippen LogP contribution in [0.1, 0.15) is 33.3 Å². The van der Waals surface area contributed by atoms with E-state index in [4.69, 9.17) is 0 Å². The van der Waals surface area contributed by atoms with Crippen LogP contribution in [0.5, 0.6) is 0 Å². The first-order valence-electron chi connectivity index (χ1n) is 8.56. The summed E-state index contributed by atoms with van der Waals surface area (Å²) in [6, 6.07) is 12.1. The molecule has 0 N–H and O–H groups in total. The van der Waals surface area contributed by atoms with Gasteiger partial charge < -0.3 is 4.90 Å². The van der Waals surface area contributed by atoms with Crippen LogP contribution in [0.2, 0.25) is 0 Å². The van der Waals surface area contributed by atoms with Gasteiger partial charge in [-0.15, -0.1) is 11.3 Å². The molecular formula is C20H23N3OS2. The number of hydrogen-bond donors (Lipinski definition) is 0. The fourth-order valence-electron chi connectivity index (χ4n) is 2.71. The van der Waals surface area contributed by atoms with Crippen LogP contribution in [0.15, 0.2) is 53.1 Å². The van der Waals surface area contributed by atoms with Crippen molar-refractivity contribution in [2.75, 3.05) is 0 Å². The lowest BCUT2D eigenvalue weighted by Crippen LogP contribution is -2.48. The average molecular weight is 386 g/mol.